The molecule has 1 heterocycles. The summed E-state index contributed by atoms with van der Waals surface area (Å²) in [5.74, 6) is -0.0269. The predicted octanol–water partition coefficient (Wildman–Crippen LogP) is 1.81. The van der Waals surface area contributed by atoms with Gasteiger partial charge in [0, 0.05) is 24.3 Å². The second kappa shape index (κ2) is 7.22. The summed E-state index contributed by atoms with van der Waals surface area (Å²) in [4.78, 5) is 27.9. The number of carbonyl (C=O) groups is 2. The molecule has 1 saturated heterocycles. The molecule has 0 unspecified atom stereocenters. The van der Waals surface area contributed by atoms with Crippen molar-refractivity contribution in [2.45, 2.75) is 19.3 Å². The monoisotopic (exact) mass is 289 g/mol. The lowest BCUT2D eigenvalue weighted by Gasteiger charge is -2.26. The van der Waals surface area contributed by atoms with E-state index in [0.717, 1.165) is 25.9 Å². The molecule has 0 radical (unpaired) electrons. The minimum Gasteiger partial charge on any atom is -0.339 e. The zero-order chi connectivity index (χ0) is 15.2. The lowest BCUT2D eigenvalue weighted by atomic mass is 10.1. The van der Waals surface area contributed by atoms with Crippen LogP contribution in [-0.2, 0) is 4.79 Å². The minimum absolute atomic E-state index is 0.0541. The molecule has 2 rings (SSSR count). The van der Waals surface area contributed by atoms with Gasteiger partial charge in [0.2, 0.25) is 5.91 Å². The Kier molecular flexibility index (Phi) is 5.33. The van der Waals surface area contributed by atoms with Gasteiger partial charge < -0.3 is 15.1 Å². The molecule has 21 heavy (non-hydrogen) atoms. The number of hydrogen-bond acceptors (Lipinski definition) is 3. The smallest absolute Gasteiger partial charge is 0.253 e. The van der Waals surface area contributed by atoms with E-state index in [1.165, 1.54) is 6.42 Å². The van der Waals surface area contributed by atoms with Crippen LogP contribution in [0.2, 0.25) is 0 Å². The number of amides is 2. The molecule has 0 bridgehead atoms. The maximum Gasteiger partial charge on any atom is 0.253 e. The van der Waals surface area contributed by atoms with Crippen molar-refractivity contribution in [2.24, 2.45) is 0 Å². The van der Waals surface area contributed by atoms with Crippen molar-refractivity contribution in [3.05, 3.63) is 29.8 Å². The van der Waals surface area contributed by atoms with Crippen molar-refractivity contribution >= 4 is 17.5 Å². The molecule has 1 N–H and O–H groups in total. The van der Waals surface area contributed by atoms with Crippen molar-refractivity contribution in [3.63, 3.8) is 0 Å². The molecule has 0 aliphatic carbocycles. The van der Waals surface area contributed by atoms with Gasteiger partial charge in [-0.05, 0) is 51.6 Å². The normalized spacial score (nSPS) is 15.1. The average Bonchev–Trinajstić information content (AvgIpc) is 2.46. The zero-order valence-corrected chi connectivity index (χ0v) is 12.8. The van der Waals surface area contributed by atoms with Crippen LogP contribution in [0, 0.1) is 0 Å². The quantitative estimate of drug-likeness (QED) is 0.920. The third-order valence-electron chi connectivity index (χ3n) is 3.50. The van der Waals surface area contributed by atoms with Gasteiger partial charge in [0.1, 0.15) is 0 Å². The molecule has 1 aliphatic rings. The van der Waals surface area contributed by atoms with E-state index >= 15 is 0 Å². The molecule has 1 fully saturated rings. The van der Waals surface area contributed by atoms with Gasteiger partial charge in [0.05, 0.1) is 6.54 Å². The Labute approximate surface area is 125 Å². The molecular weight excluding hydrogens is 266 g/mol. The fourth-order valence-corrected chi connectivity index (χ4v) is 2.50. The summed E-state index contributed by atoms with van der Waals surface area (Å²) in [7, 11) is 3.69. The van der Waals surface area contributed by atoms with E-state index in [1.54, 1.807) is 23.1 Å². The van der Waals surface area contributed by atoms with Crippen LogP contribution in [0.4, 0.5) is 5.69 Å². The number of carbonyl (C=O) groups excluding carboxylic acids is 2. The van der Waals surface area contributed by atoms with Gasteiger partial charge in [-0.3, -0.25) is 9.59 Å². The molecule has 0 spiro atoms. The maximum absolute atomic E-state index is 12.4. The Balaban J connectivity index is 2.03. The Morgan fingerprint density at radius 1 is 1.19 bits per heavy atom. The van der Waals surface area contributed by atoms with Crippen molar-refractivity contribution in [3.8, 4) is 0 Å². The van der Waals surface area contributed by atoms with Gasteiger partial charge >= 0.3 is 0 Å². The van der Waals surface area contributed by atoms with Crippen LogP contribution in [0.25, 0.3) is 0 Å². The topological polar surface area (TPSA) is 52.7 Å². The van der Waals surface area contributed by atoms with Gasteiger partial charge in [-0.1, -0.05) is 6.07 Å². The second-order valence-corrected chi connectivity index (χ2v) is 5.72. The van der Waals surface area contributed by atoms with E-state index in [2.05, 4.69) is 5.32 Å². The van der Waals surface area contributed by atoms with Crippen LogP contribution >= 0.6 is 0 Å². The van der Waals surface area contributed by atoms with Crippen molar-refractivity contribution in [1.82, 2.24) is 9.80 Å². The van der Waals surface area contributed by atoms with E-state index in [9.17, 15) is 9.59 Å². The third-order valence-corrected chi connectivity index (χ3v) is 3.50. The zero-order valence-electron chi connectivity index (χ0n) is 12.8. The van der Waals surface area contributed by atoms with Gasteiger partial charge in [0.15, 0.2) is 0 Å². The fourth-order valence-electron chi connectivity index (χ4n) is 2.50. The summed E-state index contributed by atoms with van der Waals surface area (Å²) in [6.45, 7) is 1.98. The Bertz CT molecular complexity index is 508. The molecule has 0 saturated carbocycles. The Hall–Kier alpha value is -1.88. The molecule has 5 heteroatoms. The van der Waals surface area contributed by atoms with E-state index in [1.807, 2.05) is 25.1 Å². The van der Waals surface area contributed by atoms with Gasteiger partial charge in [0.25, 0.3) is 5.91 Å². The highest BCUT2D eigenvalue weighted by atomic mass is 16.2. The maximum atomic E-state index is 12.4. The second-order valence-electron chi connectivity index (χ2n) is 5.72. The first kappa shape index (κ1) is 15.5. The number of likely N-dealkylation sites (N-methyl/N-ethyl adjacent to an activating group) is 1. The summed E-state index contributed by atoms with van der Waals surface area (Å²) in [5, 5.41) is 2.82. The first-order valence-corrected chi connectivity index (χ1v) is 7.40. The SMILES string of the molecule is CN(C)CC(=O)Nc1cccc(C(=O)N2CCCCC2)c1. The first-order valence-electron chi connectivity index (χ1n) is 7.40. The van der Waals surface area contributed by atoms with Crippen LogP contribution < -0.4 is 5.32 Å². The highest BCUT2D eigenvalue weighted by Crippen LogP contribution is 2.16. The molecule has 114 valence electrons. The number of nitrogens with zero attached hydrogens (tertiary/aromatic N) is 2. The lowest BCUT2D eigenvalue weighted by molar-refractivity contribution is -0.116. The lowest BCUT2D eigenvalue weighted by Crippen LogP contribution is -2.35. The first-order chi connectivity index (χ1) is 10.1. The van der Waals surface area contributed by atoms with Crippen LogP contribution in [-0.4, -0.2) is 55.3 Å². The van der Waals surface area contributed by atoms with Crippen LogP contribution in [0.5, 0.6) is 0 Å². The molecule has 1 aromatic rings. The summed E-state index contributed by atoms with van der Waals surface area (Å²) >= 11 is 0. The van der Waals surface area contributed by atoms with Crippen molar-refractivity contribution in [2.75, 3.05) is 39.0 Å². The number of benzene rings is 1. The number of rotatable bonds is 4. The molecule has 0 atom stereocenters. The van der Waals surface area contributed by atoms with Gasteiger partial charge in [-0.2, -0.15) is 0 Å². The molecule has 5 nitrogen and oxygen atoms in total. The molecule has 0 aromatic heterocycles. The highest BCUT2D eigenvalue weighted by Gasteiger charge is 2.18. The van der Waals surface area contributed by atoms with E-state index in [4.69, 9.17) is 0 Å². The molecule has 1 aliphatic heterocycles. The highest BCUT2D eigenvalue weighted by molar-refractivity contribution is 5.97. The number of nitrogens with one attached hydrogen (secondary N) is 1. The Morgan fingerprint density at radius 2 is 1.90 bits per heavy atom. The third kappa shape index (κ3) is 4.56. The van der Waals surface area contributed by atoms with Crippen molar-refractivity contribution in [1.29, 1.82) is 0 Å². The molecule has 1 aromatic carbocycles. The molecular formula is C16H23N3O2. The largest absolute Gasteiger partial charge is 0.339 e. The number of piperidine rings is 1. The fraction of sp³-hybridized carbons (Fsp3) is 0.500. The standard InChI is InChI=1S/C16H23N3O2/c1-18(2)12-15(20)17-14-8-6-7-13(11-14)16(21)19-9-4-3-5-10-19/h6-8,11H,3-5,9-10,12H2,1-2H3,(H,17,20). The van der Waals surface area contributed by atoms with E-state index in [0.29, 0.717) is 17.8 Å². The summed E-state index contributed by atoms with van der Waals surface area (Å²) in [6, 6.07) is 7.17. The number of hydrogen-bond donors (Lipinski definition) is 1. The number of likely N-dealkylation sites (tertiary alicyclic amines) is 1. The van der Waals surface area contributed by atoms with Crippen LogP contribution in [0.15, 0.2) is 24.3 Å². The summed E-state index contributed by atoms with van der Waals surface area (Å²) in [5.41, 5.74) is 1.31. The minimum atomic E-state index is -0.0810. The predicted molar refractivity (Wildman–Crippen MR) is 83.4 cm³/mol. The van der Waals surface area contributed by atoms with Gasteiger partial charge in [-0.25, -0.2) is 0 Å². The average molecular weight is 289 g/mol. The number of anilines is 1. The van der Waals surface area contributed by atoms with E-state index in [-0.39, 0.29) is 11.8 Å². The molecule has 2 amide bonds. The van der Waals surface area contributed by atoms with E-state index < -0.39 is 0 Å². The van der Waals surface area contributed by atoms with Crippen LogP contribution in [0.3, 0.4) is 0 Å². The summed E-state index contributed by atoms with van der Waals surface area (Å²) in [6.07, 6.45) is 3.35. The van der Waals surface area contributed by atoms with Crippen molar-refractivity contribution < 1.29 is 9.59 Å². The van der Waals surface area contributed by atoms with Gasteiger partial charge in [-0.15, -0.1) is 0 Å². The summed E-state index contributed by atoms with van der Waals surface area (Å²) < 4.78 is 0. The van der Waals surface area contributed by atoms with Crippen LogP contribution in [0.1, 0.15) is 29.6 Å². The Morgan fingerprint density at radius 3 is 2.57 bits per heavy atom.